The first-order chi connectivity index (χ1) is 7.60. The number of halogens is 1. The number of thioether (sulfide) groups is 1. The second kappa shape index (κ2) is 5.10. The molecular formula is C11H13BrO2S2. The summed E-state index contributed by atoms with van der Waals surface area (Å²) in [7, 11) is 0. The molecular weight excluding hydrogens is 308 g/mol. The Morgan fingerprint density at radius 1 is 1.62 bits per heavy atom. The first kappa shape index (κ1) is 12.5. The van der Waals surface area contributed by atoms with E-state index in [-0.39, 0.29) is 5.41 Å². The highest BCUT2D eigenvalue weighted by molar-refractivity contribution is 9.11. The van der Waals surface area contributed by atoms with Gasteiger partial charge in [-0.05, 0) is 56.9 Å². The molecule has 88 valence electrons. The van der Waals surface area contributed by atoms with Crippen LogP contribution in [0.5, 0.6) is 0 Å². The monoisotopic (exact) mass is 320 g/mol. The highest BCUT2D eigenvalue weighted by Gasteiger charge is 2.43. The number of carbonyl (C=O) groups is 1. The van der Waals surface area contributed by atoms with Crippen LogP contribution in [-0.4, -0.2) is 16.8 Å². The van der Waals surface area contributed by atoms with Gasteiger partial charge < -0.3 is 5.11 Å². The van der Waals surface area contributed by atoms with E-state index in [1.54, 1.807) is 11.3 Å². The first-order valence-corrected chi connectivity index (χ1v) is 7.95. The summed E-state index contributed by atoms with van der Waals surface area (Å²) in [6.45, 7) is 0. The van der Waals surface area contributed by atoms with E-state index in [0.717, 1.165) is 28.1 Å². The zero-order valence-corrected chi connectivity index (χ0v) is 12.0. The molecule has 0 amide bonds. The quantitative estimate of drug-likeness (QED) is 0.860. The van der Waals surface area contributed by atoms with Crippen molar-refractivity contribution >= 4 is 45.0 Å². The molecule has 1 aliphatic rings. The van der Waals surface area contributed by atoms with Gasteiger partial charge in [-0.1, -0.05) is 0 Å². The van der Waals surface area contributed by atoms with Gasteiger partial charge in [0.25, 0.3) is 0 Å². The Kier molecular flexibility index (Phi) is 3.97. The van der Waals surface area contributed by atoms with Gasteiger partial charge in [-0.15, -0.1) is 11.3 Å². The highest BCUT2D eigenvalue weighted by Crippen LogP contribution is 2.51. The lowest BCUT2D eigenvalue weighted by atomic mass is 10.1. The summed E-state index contributed by atoms with van der Waals surface area (Å²) in [6, 6.07) is 2.13. The van der Waals surface area contributed by atoms with Crippen molar-refractivity contribution in [3.8, 4) is 0 Å². The Hall–Kier alpha value is -0.000000000000000111. The Labute approximate surface area is 112 Å². The molecule has 1 aromatic rings. The van der Waals surface area contributed by atoms with Gasteiger partial charge in [0.15, 0.2) is 0 Å². The second-order valence-corrected chi connectivity index (χ2v) is 7.60. The first-order valence-electron chi connectivity index (χ1n) is 5.12. The van der Waals surface area contributed by atoms with Crippen molar-refractivity contribution in [1.82, 2.24) is 0 Å². The molecule has 0 unspecified atom stereocenters. The smallest absolute Gasteiger partial charge is 0.303 e. The van der Waals surface area contributed by atoms with Gasteiger partial charge in [0.2, 0.25) is 0 Å². The molecule has 0 aliphatic heterocycles. The second-order valence-electron chi connectivity index (χ2n) is 4.32. The minimum Gasteiger partial charge on any atom is -0.481 e. The van der Waals surface area contributed by atoms with Crippen LogP contribution in [0.1, 0.15) is 24.8 Å². The lowest BCUT2D eigenvalue weighted by Crippen LogP contribution is -2.11. The van der Waals surface area contributed by atoms with Crippen molar-refractivity contribution in [2.24, 2.45) is 5.41 Å². The summed E-state index contributed by atoms with van der Waals surface area (Å²) in [6.07, 6.45) is 2.51. The van der Waals surface area contributed by atoms with E-state index >= 15 is 0 Å². The molecule has 1 aromatic heterocycles. The number of hydrogen-bond acceptors (Lipinski definition) is 3. The van der Waals surface area contributed by atoms with Gasteiger partial charge in [0.1, 0.15) is 0 Å². The van der Waals surface area contributed by atoms with Gasteiger partial charge in [-0.3, -0.25) is 4.79 Å². The molecule has 2 nitrogen and oxygen atoms in total. The van der Waals surface area contributed by atoms with Crippen LogP contribution in [0.2, 0.25) is 0 Å². The van der Waals surface area contributed by atoms with Crippen molar-refractivity contribution in [2.75, 3.05) is 5.75 Å². The maximum atomic E-state index is 10.7. The molecule has 0 spiro atoms. The lowest BCUT2D eigenvalue weighted by Gasteiger charge is -2.10. The highest BCUT2D eigenvalue weighted by atomic mass is 79.9. The molecule has 1 heterocycles. The summed E-state index contributed by atoms with van der Waals surface area (Å²) in [5.74, 6) is 1.31. The van der Waals surface area contributed by atoms with Crippen molar-refractivity contribution < 1.29 is 9.90 Å². The van der Waals surface area contributed by atoms with E-state index in [4.69, 9.17) is 5.11 Å². The van der Waals surface area contributed by atoms with Crippen LogP contribution in [0.15, 0.2) is 15.2 Å². The van der Waals surface area contributed by atoms with Crippen molar-refractivity contribution in [3.63, 3.8) is 0 Å². The molecule has 1 saturated carbocycles. The number of aliphatic carboxylic acids is 1. The van der Waals surface area contributed by atoms with Crippen LogP contribution >= 0.6 is 39.0 Å². The molecule has 5 heteroatoms. The Bertz CT molecular complexity index is 385. The molecule has 0 atom stereocenters. The molecule has 1 N–H and O–H groups in total. The van der Waals surface area contributed by atoms with E-state index in [1.807, 2.05) is 11.8 Å². The summed E-state index contributed by atoms with van der Waals surface area (Å²) in [4.78, 5) is 10.7. The molecule has 0 aromatic carbocycles. The van der Waals surface area contributed by atoms with E-state index < -0.39 is 5.97 Å². The SMILES string of the molecule is O=C(O)CC1(CSCc2csc(Br)c2)CC1. The molecule has 1 aliphatic carbocycles. The Balaban J connectivity index is 1.74. The zero-order valence-electron chi connectivity index (χ0n) is 8.74. The summed E-state index contributed by atoms with van der Waals surface area (Å²) >= 11 is 6.99. The van der Waals surface area contributed by atoms with Crippen LogP contribution in [-0.2, 0) is 10.5 Å². The normalized spacial score (nSPS) is 17.3. The van der Waals surface area contributed by atoms with Crippen molar-refractivity contribution in [3.05, 3.63) is 20.8 Å². The maximum Gasteiger partial charge on any atom is 0.303 e. The molecule has 0 saturated heterocycles. The van der Waals surface area contributed by atoms with Gasteiger partial charge in [-0.25, -0.2) is 0 Å². The molecule has 2 rings (SSSR count). The van der Waals surface area contributed by atoms with Crippen LogP contribution in [0.25, 0.3) is 0 Å². The fourth-order valence-corrected chi connectivity index (χ4v) is 4.32. The lowest BCUT2D eigenvalue weighted by molar-refractivity contribution is -0.138. The minimum absolute atomic E-state index is 0.115. The number of hydrogen-bond donors (Lipinski definition) is 1. The standard InChI is InChI=1S/C11H13BrO2S2/c12-9-3-8(6-16-9)5-15-7-11(1-2-11)4-10(13)14/h3,6H,1-2,4-5,7H2,(H,13,14). The third-order valence-electron chi connectivity index (χ3n) is 2.78. The molecule has 0 bridgehead atoms. The summed E-state index contributed by atoms with van der Waals surface area (Å²) in [5.41, 5.74) is 1.44. The fourth-order valence-electron chi connectivity index (χ4n) is 1.68. The fraction of sp³-hybridized carbons (Fsp3) is 0.545. The number of rotatable bonds is 6. The molecule has 1 fully saturated rings. The number of thiophene rings is 1. The largest absolute Gasteiger partial charge is 0.481 e. The zero-order chi connectivity index (χ0) is 11.6. The van der Waals surface area contributed by atoms with Gasteiger partial charge in [0.05, 0.1) is 10.2 Å². The Morgan fingerprint density at radius 2 is 2.38 bits per heavy atom. The minimum atomic E-state index is -0.656. The van der Waals surface area contributed by atoms with E-state index in [2.05, 4.69) is 27.4 Å². The van der Waals surface area contributed by atoms with Crippen LogP contribution < -0.4 is 0 Å². The van der Waals surface area contributed by atoms with Crippen LogP contribution in [0.4, 0.5) is 0 Å². The number of carboxylic acids is 1. The summed E-state index contributed by atoms with van der Waals surface area (Å²) in [5, 5.41) is 10.9. The average Bonchev–Trinajstić information content (AvgIpc) is 2.80. The third-order valence-corrected chi connectivity index (χ3v) is 5.69. The van der Waals surface area contributed by atoms with E-state index in [0.29, 0.717) is 6.42 Å². The predicted molar refractivity (Wildman–Crippen MR) is 72.1 cm³/mol. The van der Waals surface area contributed by atoms with Gasteiger partial charge in [0, 0.05) is 5.75 Å². The van der Waals surface area contributed by atoms with Crippen molar-refractivity contribution in [1.29, 1.82) is 0 Å². The van der Waals surface area contributed by atoms with E-state index in [1.165, 1.54) is 5.56 Å². The average molecular weight is 321 g/mol. The molecule has 16 heavy (non-hydrogen) atoms. The van der Waals surface area contributed by atoms with Crippen LogP contribution in [0.3, 0.4) is 0 Å². The van der Waals surface area contributed by atoms with E-state index in [9.17, 15) is 4.79 Å². The van der Waals surface area contributed by atoms with Gasteiger partial charge >= 0.3 is 5.97 Å². The third kappa shape index (κ3) is 3.50. The predicted octanol–water partition coefficient (Wildman–Crippen LogP) is 4.00. The maximum absolute atomic E-state index is 10.7. The van der Waals surface area contributed by atoms with Crippen LogP contribution in [0, 0.1) is 5.41 Å². The van der Waals surface area contributed by atoms with Crippen molar-refractivity contribution in [2.45, 2.75) is 25.0 Å². The Morgan fingerprint density at radius 3 is 2.88 bits per heavy atom. The van der Waals surface area contributed by atoms with Gasteiger partial charge in [-0.2, -0.15) is 11.8 Å². The number of carboxylic acid groups (broad SMARTS) is 1. The summed E-state index contributed by atoms with van der Waals surface area (Å²) < 4.78 is 1.16. The molecule has 0 radical (unpaired) electrons. The topological polar surface area (TPSA) is 37.3 Å².